The first-order valence-corrected chi connectivity index (χ1v) is 7.30. The Balaban J connectivity index is 2.23. The van der Waals surface area contributed by atoms with Crippen molar-refractivity contribution in [2.75, 3.05) is 19.6 Å². The lowest BCUT2D eigenvalue weighted by molar-refractivity contribution is -0.144. The molecular weight excluding hydrogens is 228 g/mol. The van der Waals surface area contributed by atoms with Crippen LogP contribution in [-0.4, -0.2) is 42.6 Å². The van der Waals surface area contributed by atoms with E-state index in [9.17, 15) is 4.79 Å². The minimum Gasteiger partial charge on any atom is -0.372 e. The van der Waals surface area contributed by atoms with Crippen LogP contribution >= 0.6 is 0 Å². The fourth-order valence-electron chi connectivity index (χ4n) is 2.41. The van der Waals surface area contributed by atoms with Crippen LogP contribution < -0.4 is 5.73 Å². The molecule has 18 heavy (non-hydrogen) atoms. The number of nitrogens with two attached hydrogens (primary N) is 1. The molecule has 1 saturated heterocycles. The van der Waals surface area contributed by atoms with Gasteiger partial charge in [0.2, 0.25) is 5.91 Å². The lowest BCUT2D eigenvalue weighted by atomic mass is 10.1. The number of morpholine rings is 1. The molecule has 0 radical (unpaired) electrons. The van der Waals surface area contributed by atoms with Gasteiger partial charge in [-0.15, -0.1) is 0 Å². The molecule has 2 N–H and O–H groups in total. The fourth-order valence-corrected chi connectivity index (χ4v) is 2.41. The molecule has 0 spiro atoms. The summed E-state index contributed by atoms with van der Waals surface area (Å²) in [6.45, 7) is 6.43. The summed E-state index contributed by atoms with van der Waals surface area (Å²) in [7, 11) is 0. The Labute approximate surface area is 111 Å². The first-order valence-electron chi connectivity index (χ1n) is 7.30. The van der Waals surface area contributed by atoms with Gasteiger partial charge in [0.1, 0.15) is 0 Å². The monoisotopic (exact) mass is 256 g/mol. The van der Waals surface area contributed by atoms with E-state index < -0.39 is 0 Å². The quantitative estimate of drug-likeness (QED) is 0.708. The second-order valence-electron chi connectivity index (χ2n) is 5.23. The van der Waals surface area contributed by atoms with Gasteiger partial charge in [-0.3, -0.25) is 4.79 Å². The van der Waals surface area contributed by atoms with Gasteiger partial charge in [-0.05, 0) is 32.7 Å². The van der Waals surface area contributed by atoms with Crippen LogP contribution in [-0.2, 0) is 9.53 Å². The molecule has 1 fully saturated rings. The van der Waals surface area contributed by atoms with Gasteiger partial charge in [-0.2, -0.15) is 0 Å². The minimum absolute atomic E-state index is 0.171. The van der Waals surface area contributed by atoms with Crippen LogP contribution in [0.1, 0.15) is 52.4 Å². The number of ether oxygens (including phenoxy) is 1. The predicted molar refractivity (Wildman–Crippen MR) is 73.3 cm³/mol. The first kappa shape index (κ1) is 15.4. The zero-order valence-corrected chi connectivity index (χ0v) is 11.9. The van der Waals surface area contributed by atoms with Gasteiger partial charge in [0.05, 0.1) is 12.2 Å². The van der Waals surface area contributed by atoms with Crippen molar-refractivity contribution in [3.8, 4) is 0 Å². The van der Waals surface area contributed by atoms with Gasteiger partial charge in [0.25, 0.3) is 0 Å². The van der Waals surface area contributed by atoms with Crippen molar-refractivity contribution in [1.82, 2.24) is 4.90 Å². The third-order valence-corrected chi connectivity index (χ3v) is 3.48. The second-order valence-corrected chi connectivity index (χ2v) is 5.23. The molecule has 4 heteroatoms. The molecule has 0 bridgehead atoms. The van der Waals surface area contributed by atoms with Crippen LogP contribution in [0.2, 0.25) is 0 Å². The Morgan fingerprint density at radius 2 is 2.00 bits per heavy atom. The van der Waals surface area contributed by atoms with Gasteiger partial charge in [-0.25, -0.2) is 0 Å². The minimum atomic E-state index is 0.171. The maximum atomic E-state index is 12.1. The SMILES string of the molecule is CCC1CN(C(=O)CCCCCCN)CC(C)O1. The van der Waals surface area contributed by atoms with Gasteiger partial charge in [0.15, 0.2) is 0 Å². The van der Waals surface area contributed by atoms with Crippen molar-refractivity contribution in [3.63, 3.8) is 0 Å². The molecule has 106 valence electrons. The van der Waals surface area contributed by atoms with E-state index >= 15 is 0 Å². The summed E-state index contributed by atoms with van der Waals surface area (Å²) in [5.41, 5.74) is 5.44. The van der Waals surface area contributed by atoms with Crippen molar-refractivity contribution < 1.29 is 9.53 Å². The van der Waals surface area contributed by atoms with E-state index in [1.165, 1.54) is 0 Å². The molecule has 1 amide bonds. The first-order chi connectivity index (χ1) is 8.67. The molecule has 2 unspecified atom stereocenters. The molecule has 0 aromatic rings. The van der Waals surface area contributed by atoms with Crippen molar-refractivity contribution in [3.05, 3.63) is 0 Å². The van der Waals surface area contributed by atoms with Crippen LogP contribution in [0, 0.1) is 0 Å². The van der Waals surface area contributed by atoms with E-state index in [4.69, 9.17) is 10.5 Å². The zero-order valence-electron chi connectivity index (χ0n) is 11.9. The second kappa shape index (κ2) is 8.48. The Bertz CT molecular complexity index is 246. The highest BCUT2D eigenvalue weighted by Crippen LogP contribution is 2.15. The van der Waals surface area contributed by atoms with Crippen molar-refractivity contribution >= 4 is 5.91 Å². The maximum Gasteiger partial charge on any atom is 0.222 e. The van der Waals surface area contributed by atoms with Crippen LogP contribution in [0.3, 0.4) is 0 Å². The summed E-state index contributed by atoms with van der Waals surface area (Å²) in [6, 6.07) is 0. The number of carbonyl (C=O) groups is 1. The maximum absolute atomic E-state index is 12.1. The number of carbonyl (C=O) groups excluding carboxylic acids is 1. The molecule has 0 aliphatic carbocycles. The highest BCUT2D eigenvalue weighted by atomic mass is 16.5. The average molecular weight is 256 g/mol. The lowest BCUT2D eigenvalue weighted by Gasteiger charge is -2.36. The fraction of sp³-hybridized carbons (Fsp3) is 0.929. The largest absolute Gasteiger partial charge is 0.372 e. The highest BCUT2D eigenvalue weighted by molar-refractivity contribution is 5.76. The molecule has 1 aliphatic heterocycles. The summed E-state index contributed by atoms with van der Waals surface area (Å²) >= 11 is 0. The number of hydrogen-bond donors (Lipinski definition) is 1. The molecule has 1 heterocycles. The summed E-state index contributed by atoms with van der Waals surface area (Å²) in [5, 5.41) is 0. The Morgan fingerprint density at radius 3 is 2.67 bits per heavy atom. The predicted octanol–water partition coefficient (Wildman–Crippen LogP) is 1.92. The normalized spacial score (nSPS) is 24.3. The van der Waals surface area contributed by atoms with Crippen LogP contribution in [0.4, 0.5) is 0 Å². The molecule has 0 aromatic heterocycles. The molecule has 1 rings (SSSR count). The van der Waals surface area contributed by atoms with E-state index in [1.807, 2.05) is 11.8 Å². The molecule has 1 aliphatic rings. The number of amides is 1. The highest BCUT2D eigenvalue weighted by Gasteiger charge is 2.26. The summed E-state index contributed by atoms with van der Waals surface area (Å²) in [6.07, 6.45) is 6.35. The molecule has 0 saturated carbocycles. The van der Waals surface area contributed by atoms with Gasteiger partial charge < -0.3 is 15.4 Å². The van der Waals surface area contributed by atoms with Crippen LogP contribution in [0.5, 0.6) is 0 Å². The summed E-state index contributed by atoms with van der Waals surface area (Å²) in [4.78, 5) is 14.1. The van der Waals surface area contributed by atoms with E-state index in [1.54, 1.807) is 0 Å². The van der Waals surface area contributed by atoms with E-state index in [0.29, 0.717) is 6.42 Å². The van der Waals surface area contributed by atoms with Crippen molar-refractivity contribution in [2.24, 2.45) is 5.73 Å². The number of unbranched alkanes of at least 4 members (excludes halogenated alkanes) is 3. The van der Waals surface area contributed by atoms with Gasteiger partial charge in [-0.1, -0.05) is 19.8 Å². The van der Waals surface area contributed by atoms with E-state index in [0.717, 1.165) is 51.7 Å². The number of nitrogens with zero attached hydrogens (tertiary/aromatic N) is 1. The summed E-state index contributed by atoms with van der Waals surface area (Å²) in [5.74, 6) is 0.288. The Kier molecular flexibility index (Phi) is 7.28. The average Bonchev–Trinajstić information content (AvgIpc) is 2.37. The Hall–Kier alpha value is -0.610. The number of rotatable bonds is 7. The van der Waals surface area contributed by atoms with Crippen LogP contribution in [0.15, 0.2) is 0 Å². The molecule has 2 atom stereocenters. The lowest BCUT2D eigenvalue weighted by Crippen LogP contribution is -2.48. The van der Waals surface area contributed by atoms with Crippen molar-refractivity contribution in [2.45, 2.75) is 64.6 Å². The molecule has 0 aromatic carbocycles. The summed E-state index contributed by atoms with van der Waals surface area (Å²) < 4.78 is 5.77. The smallest absolute Gasteiger partial charge is 0.222 e. The zero-order chi connectivity index (χ0) is 13.4. The third-order valence-electron chi connectivity index (χ3n) is 3.48. The standard InChI is InChI=1S/C14H28N2O2/c1-3-13-11-16(10-12(2)18-13)14(17)8-6-4-5-7-9-15/h12-13H,3-11,15H2,1-2H3. The Morgan fingerprint density at radius 1 is 1.28 bits per heavy atom. The van der Waals surface area contributed by atoms with E-state index in [2.05, 4.69) is 6.92 Å². The number of hydrogen-bond acceptors (Lipinski definition) is 3. The molecule has 4 nitrogen and oxygen atoms in total. The third kappa shape index (κ3) is 5.36. The van der Waals surface area contributed by atoms with E-state index in [-0.39, 0.29) is 18.1 Å². The van der Waals surface area contributed by atoms with Gasteiger partial charge >= 0.3 is 0 Å². The van der Waals surface area contributed by atoms with Crippen molar-refractivity contribution in [1.29, 1.82) is 0 Å². The topological polar surface area (TPSA) is 55.6 Å². The van der Waals surface area contributed by atoms with Gasteiger partial charge in [0, 0.05) is 19.5 Å². The molecular formula is C14H28N2O2. The van der Waals surface area contributed by atoms with Crippen LogP contribution in [0.25, 0.3) is 0 Å².